The van der Waals surface area contributed by atoms with Gasteiger partial charge in [-0.25, -0.2) is 9.78 Å². The number of methoxy groups -OCH3 is 4. The average Bonchev–Trinajstić information content (AvgIpc) is 3.37. The molecule has 3 aromatic carbocycles. The minimum atomic E-state index is -0.886. The number of benzene rings is 2. The van der Waals surface area contributed by atoms with Crippen LogP contribution in [0.1, 0.15) is 47.9 Å². The number of hydrogen-bond donors (Lipinski definition) is 3. The molecule has 3 N–H and O–H groups in total. The number of fused-ring (bicyclic) bond motifs is 3. The van der Waals surface area contributed by atoms with Gasteiger partial charge in [-0.05, 0) is 60.2 Å². The molecule has 48 heavy (non-hydrogen) atoms. The van der Waals surface area contributed by atoms with Gasteiger partial charge in [0.15, 0.2) is 22.3 Å². The topological polar surface area (TPSA) is 154 Å². The van der Waals surface area contributed by atoms with E-state index in [1.54, 1.807) is 26.2 Å². The van der Waals surface area contributed by atoms with Gasteiger partial charge in [-0.15, -0.1) is 0 Å². The first-order chi connectivity index (χ1) is 23.1. The number of anilines is 2. The molecule has 2 atom stereocenters. The Bertz CT molecular complexity index is 1930. The van der Waals surface area contributed by atoms with Crippen LogP contribution in [0.4, 0.5) is 10.8 Å². The molecule has 13 heteroatoms. The largest absolute Gasteiger partial charge is 0.493 e. The molecular formula is C35H36N4O8S. The number of aromatic nitrogens is 1. The lowest BCUT2D eigenvalue weighted by atomic mass is 9.95. The maximum atomic E-state index is 13.7. The van der Waals surface area contributed by atoms with E-state index in [1.165, 1.54) is 34.3 Å². The fraction of sp³-hybridized carbons (Fsp3) is 0.286. The minimum Gasteiger partial charge on any atom is -0.493 e. The van der Waals surface area contributed by atoms with Crippen molar-refractivity contribution in [2.75, 3.05) is 39.1 Å². The highest BCUT2D eigenvalue weighted by Crippen LogP contribution is 2.50. The van der Waals surface area contributed by atoms with Crippen LogP contribution in [-0.2, 0) is 20.7 Å². The maximum absolute atomic E-state index is 13.7. The van der Waals surface area contributed by atoms with E-state index < -0.39 is 24.0 Å². The first-order valence-corrected chi connectivity index (χ1v) is 15.9. The van der Waals surface area contributed by atoms with E-state index in [0.717, 1.165) is 22.5 Å². The molecule has 0 bridgehead atoms. The van der Waals surface area contributed by atoms with E-state index in [2.05, 4.69) is 20.9 Å². The molecule has 2 amide bonds. The number of hydrogen-bond acceptors (Lipinski definition) is 11. The summed E-state index contributed by atoms with van der Waals surface area (Å²) in [5.74, 6) is -0.0253. The molecule has 1 aliphatic carbocycles. The number of amides is 2. The number of aryl methyl sites for hydroxylation is 1. The van der Waals surface area contributed by atoms with Crippen molar-refractivity contribution < 1.29 is 33.3 Å². The van der Waals surface area contributed by atoms with Gasteiger partial charge in [0.1, 0.15) is 6.04 Å². The third-order valence-corrected chi connectivity index (χ3v) is 8.97. The summed E-state index contributed by atoms with van der Waals surface area (Å²) in [6.07, 6.45) is 1.07. The van der Waals surface area contributed by atoms with E-state index in [1.807, 2.05) is 36.4 Å². The number of esters is 1. The third-order valence-electron chi connectivity index (χ3n) is 7.95. The summed E-state index contributed by atoms with van der Waals surface area (Å²) >= 11 is 1.14. The van der Waals surface area contributed by atoms with Gasteiger partial charge in [-0.2, -0.15) is 0 Å². The number of nitrogens with one attached hydrogen (secondary N) is 3. The SMILES string of the molecule is COC(=O)c1nc(NC(=O)[C@H](C)Nc2ccc3c(cc2=O)[C@@H](NC(C)=O)CCc2cc(OC)c(OC)c(OC)c2-3)sc1-c1ccccc1. The van der Waals surface area contributed by atoms with Crippen LogP contribution in [0.2, 0.25) is 0 Å². The van der Waals surface area contributed by atoms with Gasteiger partial charge in [0, 0.05) is 12.5 Å². The average molecular weight is 673 g/mol. The number of carbonyl (C=O) groups is 3. The molecule has 0 saturated carbocycles. The van der Waals surface area contributed by atoms with Gasteiger partial charge in [-0.1, -0.05) is 47.7 Å². The Kier molecular flexibility index (Phi) is 10.3. The van der Waals surface area contributed by atoms with E-state index in [-0.39, 0.29) is 27.8 Å². The summed E-state index contributed by atoms with van der Waals surface area (Å²) in [5, 5.41) is 8.95. The van der Waals surface area contributed by atoms with Crippen LogP contribution < -0.4 is 35.6 Å². The van der Waals surface area contributed by atoms with Crippen LogP contribution in [-0.4, -0.2) is 57.2 Å². The standard InChI is InChI=1S/C35H36N4O8S/c1-18(33(42)39-35-38-29(34(43)47-6)32(48-35)20-10-8-7-9-11-20)36-25-15-13-22-23(17-26(25)41)24(37-19(2)40)14-12-21-16-27(44-3)30(45-4)31(46-5)28(21)22/h7-11,13,15-18,24H,12,14H2,1-6H3,(H,36,41)(H,37,40)(H,38,39,42)/t18-,24-/m0/s1. The maximum Gasteiger partial charge on any atom is 0.358 e. The highest BCUT2D eigenvalue weighted by atomic mass is 32.1. The second kappa shape index (κ2) is 14.6. The lowest BCUT2D eigenvalue weighted by Crippen LogP contribution is -2.33. The van der Waals surface area contributed by atoms with Gasteiger partial charge in [0.25, 0.3) is 0 Å². The molecular weight excluding hydrogens is 636 g/mol. The lowest BCUT2D eigenvalue weighted by molar-refractivity contribution is -0.119. The number of ether oxygens (including phenoxy) is 4. The molecule has 5 rings (SSSR count). The van der Waals surface area contributed by atoms with Crippen LogP contribution in [0.25, 0.3) is 21.6 Å². The Morgan fingerprint density at radius 1 is 0.958 bits per heavy atom. The lowest BCUT2D eigenvalue weighted by Gasteiger charge is -2.19. The zero-order chi connectivity index (χ0) is 34.5. The van der Waals surface area contributed by atoms with Crippen molar-refractivity contribution in [2.45, 2.75) is 38.8 Å². The van der Waals surface area contributed by atoms with Gasteiger partial charge in [0.2, 0.25) is 23.0 Å². The Morgan fingerprint density at radius 2 is 1.69 bits per heavy atom. The summed E-state index contributed by atoms with van der Waals surface area (Å²) in [7, 11) is 5.86. The third kappa shape index (κ3) is 6.81. The summed E-state index contributed by atoms with van der Waals surface area (Å²) in [6, 6.07) is 14.6. The number of rotatable bonds is 10. The molecule has 0 saturated heterocycles. The summed E-state index contributed by atoms with van der Waals surface area (Å²) in [5.41, 5.74) is 3.47. The molecule has 1 aromatic heterocycles. The van der Waals surface area contributed by atoms with Crippen molar-refractivity contribution >= 4 is 39.9 Å². The second-order valence-corrected chi connectivity index (χ2v) is 12.0. The highest BCUT2D eigenvalue weighted by Gasteiger charge is 2.30. The van der Waals surface area contributed by atoms with Crippen molar-refractivity contribution in [1.29, 1.82) is 0 Å². The predicted molar refractivity (Wildman–Crippen MR) is 183 cm³/mol. The molecule has 0 spiro atoms. The number of nitrogens with zero attached hydrogens (tertiary/aromatic N) is 1. The van der Waals surface area contributed by atoms with E-state index in [4.69, 9.17) is 18.9 Å². The minimum absolute atomic E-state index is 0.0849. The van der Waals surface area contributed by atoms with E-state index >= 15 is 0 Å². The molecule has 0 fully saturated rings. The van der Waals surface area contributed by atoms with Crippen molar-refractivity contribution in [2.24, 2.45) is 0 Å². The predicted octanol–water partition coefficient (Wildman–Crippen LogP) is 5.21. The highest BCUT2D eigenvalue weighted by molar-refractivity contribution is 7.19. The van der Waals surface area contributed by atoms with Crippen molar-refractivity contribution in [3.63, 3.8) is 0 Å². The summed E-state index contributed by atoms with van der Waals surface area (Å²) in [4.78, 5) is 56.6. The summed E-state index contributed by atoms with van der Waals surface area (Å²) in [6.45, 7) is 3.04. The van der Waals surface area contributed by atoms with Gasteiger partial charge in [-0.3, -0.25) is 14.4 Å². The molecule has 0 radical (unpaired) electrons. The van der Waals surface area contributed by atoms with Gasteiger partial charge in [0.05, 0.1) is 45.0 Å². The first-order valence-electron chi connectivity index (χ1n) is 15.1. The Hall–Kier alpha value is -5.43. The monoisotopic (exact) mass is 672 g/mol. The van der Waals surface area contributed by atoms with Crippen LogP contribution in [0.5, 0.6) is 17.2 Å². The van der Waals surface area contributed by atoms with Gasteiger partial charge >= 0.3 is 5.97 Å². The van der Waals surface area contributed by atoms with Crippen molar-refractivity contribution in [3.8, 4) is 38.8 Å². The molecule has 250 valence electrons. The van der Waals surface area contributed by atoms with Gasteiger partial charge < -0.3 is 34.9 Å². The van der Waals surface area contributed by atoms with Crippen molar-refractivity contribution in [3.05, 3.63) is 81.6 Å². The Balaban J connectivity index is 1.51. The molecule has 1 heterocycles. The van der Waals surface area contributed by atoms with Crippen LogP contribution in [0.3, 0.4) is 0 Å². The summed E-state index contributed by atoms with van der Waals surface area (Å²) < 4.78 is 22.0. The molecule has 12 nitrogen and oxygen atoms in total. The van der Waals surface area contributed by atoms with Crippen molar-refractivity contribution in [1.82, 2.24) is 10.3 Å². The number of carbonyl (C=O) groups excluding carboxylic acids is 3. The Morgan fingerprint density at radius 3 is 2.33 bits per heavy atom. The second-order valence-electron chi connectivity index (χ2n) is 11.0. The molecule has 4 aromatic rings. The normalized spacial score (nSPS) is 13.9. The zero-order valence-electron chi connectivity index (χ0n) is 27.4. The van der Waals surface area contributed by atoms with Crippen LogP contribution in [0, 0.1) is 0 Å². The quantitative estimate of drug-likeness (QED) is 0.191. The number of thiazole rings is 1. The molecule has 0 unspecified atom stereocenters. The van der Waals surface area contributed by atoms with E-state index in [0.29, 0.717) is 51.7 Å². The smallest absolute Gasteiger partial charge is 0.358 e. The zero-order valence-corrected chi connectivity index (χ0v) is 28.2. The van der Waals surface area contributed by atoms with Crippen LogP contribution >= 0.6 is 11.3 Å². The fourth-order valence-electron chi connectivity index (χ4n) is 5.73. The van der Waals surface area contributed by atoms with E-state index in [9.17, 15) is 19.2 Å². The fourth-order valence-corrected chi connectivity index (χ4v) is 6.69. The Labute approximate surface area is 281 Å². The van der Waals surface area contributed by atoms with Crippen LogP contribution in [0.15, 0.2) is 59.4 Å². The molecule has 1 aliphatic rings. The first kappa shape index (κ1) is 33.9. The molecule has 0 aliphatic heterocycles.